The fourth-order valence-electron chi connectivity index (χ4n) is 3.36. The molecule has 4 amide bonds. The molecule has 3 N–H and O–H groups in total. The van der Waals surface area contributed by atoms with Crippen LogP contribution in [-0.4, -0.2) is 48.4 Å². The molecular formula is C23H28N4O3. The summed E-state index contributed by atoms with van der Waals surface area (Å²) in [6.45, 7) is 3.52. The van der Waals surface area contributed by atoms with Gasteiger partial charge in [0.2, 0.25) is 5.91 Å². The number of carbonyl (C=O) groups excluding carboxylic acids is 3. The summed E-state index contributed by atoms with van der Waals surface area (Å²) in [6, 6.07) is 16.8. The molecule has 1 aliphatic rings. The first-order valence-electron chi connectivity index (χ1n) is 10.2. The average molecular weight is 409 g/mol. The lowest BCUT2D eigenvalue weighted by molar-refractivity contribution is -0.120. The zero-order chi connectivity index (χ0) is 21.3. The Labute approximate surface area is 176 Å². The number of amides is 4. The Kier molecular flexibility index (Phi) is 7.43. The van der Waals surface area contributed by atoms with Gasteiger partial charge in [0.25, 0.3) is 5.91 Å². The van der Waals surface area contributed by atoms with Gasteiger partial charge < -0.3 is 20.9 Å². The number of hydrogen-bond acceptors (Lipinski definition) is 3. The van der Waals surface area contributed by atoms with Gasteiger partial charge in [-0.15, -0.1) is 0 Å². The molecule has 0 aromatic heterocycles. The monoisotopic (exact) mass is 408 g/mol. The van der Waals surface area contributed by atoms with Crippen LogP contribution in [0, 0.1) is 6.92 Å². The summed E-state index contributed by atoms with van der Waals surface area (Å²) in [5.41, 5.74) is 2.81. The molecule has 7 nitrogen and oxygen atoms in total. The molecule has 1 heterocycles. The van der Waals surface area contributed by atoms with E-state index in [-0.39, 0.29) is 30.4 Å². The molecule has 0 unspecified atom stereocenters. The normalized spacial score (nSPS) is 14.1. The number of urea groups is 1. The SMILES string of the molecule is Cc1ccc(C(=O)N2CCC(NC(=O)NCC(=O)NCc3ccccc3)CC2)cc1. The predicted molar refractivity (Wildman–Crippen MR) is 115 cm³/mol. The molecule has 30 heavy (non-hydrogen) atoms. The molecule has 0 spiro atoms. The van der Waals surface area contributed by atoms with Gasteiger partial charge in [0.05, 0.1) is 6.54 Å². The molecule has 2 aromatic carbocycles. The zero-order valence-corrected chi connectivity index (χ0v) is 17.2. The maximum atomic E-state index is 12.6. The Balaban J connectivity index is 1.34. The quantitative estimate of drug-likeness (QED) is 0.685. The van der Waals surface area contributed by atoms with Crippen molar-refractivity contribution in [3.8, 4) is 0 Å². The van der Waals surface area contributed by atoms with E-state index in [0.717, 1.165) is 11.1 Å². The summed E-state index contributed by atoms with van der Waals surface area (Å²) in [5.74, 6) is -0.222. The van der Waals surface area contributed by atoms with Gasteiger partial charge in [-0.25, -0.2) is 4.79 Å². The Hall–Kier alpha value is -3.35. The van der Waals surface area contributed by atoms with Gasteiger partial charge in [-0.3, -0.25) is 9.59 Å². The van der Waals surface area contributed by atoms with Crippen molar-refractivity contribution in [1.82, 2.24) is 20.9 Å². The maximum Gasteiger partial charge on any atom is 0.315 e. The van der Waals surface area contributed by atoms with E-state index < -0.39 is 0 Å². The fraction of sp³-hybridized carbons (Fsp3) is 0.348. The molecule has 1 fully saturated rings. The van der Waals surface area contributed by atoms with E-state index in [4.69, 9.17) is 0 Å². The first-order chi connectivity index (χ1) is 14.5. The molecule has 7 heteroatoms. The Bertz CT molecular complexity index is 860. The van der Waals surface area contributed by atoms with Crippen molar-refractivity contribution in [1.29, 1.82) is 0 Å². The lowest BCUT2D eigenvalue weighted by Gasteiger charge is -2.32. The summed E-state index contributed by atoms with van der Waals surface area (Å²) < 4.78 is 0. The minimum atomic E-state index is -0.367. The molecule has 1 aliphatic heterocycles. The summed E-state index contributed by atoms with van der Waals surface area (Å²) in [5, 5.41) is 8.24. The molecule has 0 radical (unpaired) electrons. The van der Waals surface area contributed by atoms with Gasteiger partial charge in [0.15, 0.2) is 0 Å². The summed E-state index contributed by atoms with van der Waals surface area (Å²) in [4.78, 5) is 38.3. The molecule has 0 atom stereocenters. The van der Waals surface area contributed by atoms with Crippen molar-refractivity contribution in [2.24, 2.45) is 0 Å². The standard InChI is InChI=1S/C23H28N4O3/c1-17-7-9-19(10-8-17)22(29)27-13-11-20(12-14-27)26-23(30)25-16-21(28)24-15-18-5-3-2-4-6-18/h2-10,20H,11-16H2,1H3,(H,24,28)(H2,25,26,30). The number of likely N-dealkylation sites (tertiary alicyclic amines) is 1. The number of nitrogens with one attached hydrogen (secondary N) is 3. The molecule has 0 saturated carbocycles. The second-order valence-electron chi connectivity index (χ2n) is 7.52. The van der Waals surface area contributed by atoms with Crippen molar-refractivity contribution in [2.75, 3.05) is 19.6 Å². The number of nitrogens with zero attached hydrogens (tertiary/aromatic N) is 1. The average Bonchev–Trinajstić information content (AvgIpc) is 2.77. The predicted octanol–water partition coefficient (Wildman–Crippen LogP) is 2.22. The summed E-state index contributed by atoms with van der Waals surface area (Å²) in [6.07, 6.45) is 1.37. The molecule has 2 aromatic rings. The van der Waals surface area contributed by atoms with Crippen molar-refractivity contribution in [3.63, 3.8) is 0 Å². The van der Waals surface area contributed by atoms with E-state index in [1.807, 2.05) is 66.4 Å². The van der Waals surface area contributed by atoms with Gasteiger partial charge >= 0.3 is 6.03 Å². The van der Waals surface area contributed by atoms with Crippen LogP contribution in [0.3, 0.4) is 0 Å². The van der Waals surface area contributed by atoms with Crippen LogP contribution in [0.5, 0.6) is 0 Å². The highest BCUT2D eigenvalue weighted by Crippen LogP contribution is 2.14. The molecular weight excluding hydrogens is 380 g/mol. The topological polar surface area (TPSA) is 90.5 Å². The third-order valence-corrected chi connectivity index (χ3v) is 5.16. The minimum Gasteiger partial charge on any atom is -0.350 e. The van der Waals surface area contributed by atoms with Gasteiger partial charge in [0.1, 0.15) is 0 Å². The van der Waals surface area contributed by atoms with E-state index in [1.54, 1.807) is 0 Å². The highest BCUT2D eigenvalue weighted by atomic mass is 16.2. The van der Waals surface area contributed by atoms with Crippen molar-refractivity contribution >= 4 is 17.8 Å². The minimum absolute atomic E-state index is 0.0144. The van der Waals surface area contributed by atoms with Crippen LogP contribution in [0.25, 0.3) is 0 Å². The van der Waals surface area contributed by atoms with Crippen molar-refractivity contribution in [3.05, 3.63) is 71.3 Å². The second-order valence-corrected chi connectivity index (χ2v) is 7.52. The number of hydrogen-bond donors (Lipinski definition) is 3. The van der Waals surface area contributed by atoms with E-state index in [0.29, 0.717) is 38.0 Å². The first-order valence-corrected chi connectivity index (χ1v) is 10.2. The first kappa shape index (κ1) is 21.4. The van der Waals surface area contributed by atoms with E-state index in [9.17, 15) is 14.4 Å². The van der Waals surface area contributed by atoms with Crippen molar-refractivity contribution in [2.45, 2.75) is 32.4 Å². The van der Waals surface area contributed by atoms with Crippen LogP contribution in [0.2, 0.25) is 0 Å². The van der Waals surface area contributed by atoms with Gasteiger partial charge in [0, 0.05) is 31.2 Å². The molecule has 158 valence electrons. The van der Waals surface area contributed by atoms with Crippen LogP contribution >= 0.6 is 0 Å². The van der Waals surface area contributed by atoms with Gasteiger partial charge in [-0.2, -0.15) is 0 Å². The Morgan fingerprint density at radius 3 is 2.27 bits per heavy atom. The highest BCUT2D eigenvalue weighted by molar-refractivity contribution is 5.94. The van der Waals surface area contributed by atoms with Crippen LogP contribution in [0.1, 0.15) is 34.3 Å². The van der Waals surface area contributed by atoms with E-state index in [1.165, 1.54) is 0 Å². The number of aryl methyl sites for hydroxylation is 1. The summed E-state index contributed by atoms with van der Waals surface area (Å²) >= 11 is 0. The van der Waals surface area contributed by atoms with Gasteiger partial charge in [-0.1, -0.05) is 48.0 Å². The molecule has 3 rings (SSSR count). The lowest BCUT2D eigenvalue weighted by Crippen LogP contribution is -2.50. The molecule has 0 aliphatic carbocycles. The third kappa shape index (κ3) is 6.34. The fourth-order valence-corrected chi connectivity index (χ4v) is 3.36. The zero-order valence-electron chi connectivity index (χ0n) is 17.2. The second kappa shape index (κ2) is 10.4. The maximum absolute atomic E-state index is 12.6. The van der Waals surface area contributed by atoms with Crippen LogP contribution in [0.4, 0.5) is 4.79 Å². The highest BCUT2D eigenvalue weighted by Gasteiger charge is 2.24. The van der Waals surface area contributed by atoms with Crippen molar-refractivity contribution < 1.29 is 14.4 Å². The van der Waals surface area contributed by atoms with E-state index in [2.05, 4.69) is 16.0 Å². The lowest BCUT2D eigenvalue weighted by atomic mass is 10.0. The van der Waals surface area contributed by atoms with Crippen LogP contribution < -0.4 is 16.0 Å². The number of piperidine rings is 1. The number of benzene rings is 2. The largest absolute Gasteiger partial charge is 0.350 e. The smallest absolute Gasteiger partial charge is 0.315 e. The Morgan fingerprint density at radius 2 is 1.60 bits per heavy atom. The van der Waals surface area contributed by atoms with Gasteiger partial charge in [-0.05, 0) is 37.5 Å². The number of carbonyl (C=O) groups is 3. The third-order valence-electron chi connectivity index (χ3n) is 5.16. The van der Waals surface area contributed by atoms with E-state index >= 15 is 0 Å². The summed E-state index contributed by atoms with van der Waals surface area (Å²) in [7, 11) is 0. The Morgan fingerprint density at radius 1 is 0.933 bits per heavy atom. The van der Waals surface area contributed by atoms with Crippen LogP contribution in [0.15, 0.2) is 54.6 Å². The van der Waals surface area contributed by atoms with Crippen LogP contribution in [-0.2, 0) is 11.3 Å². The molecule has 1 saturated heterocycles. The molecule has 0 bridgehead atoms. The number of rotatable bonds is 6.